The molecule has 3 aromatic carbocycles. The zero-order chi connectivity index (χ0) is 33.9. The van der Waals surface area contributed by atoms with Gasteiger partial charge in [-0.05, 0) is 80.7 Å². The number of ether oxygens (including phenoxy) is 2. The first-order valence-electron chi connectivity index (χ1n) is 17.5. The molecule has 2 fully saturated rings. The van der Waals surface area contributed by atoms with E-state index in [0.717, 1.165) is 85.6 Å². The number of piperidine rings is 1. The van der Waals surface area contributed by atoms with Crippen molar-refractivity contribution in [2.24, 2.45) is 0 Å². The van der Waals surface area contributed by atoms with Gasteiger partial charge in [0, 0.05) is 55.2 Å². The van der Waals surface area contributed by atoms with Crippen molar-refractivity contribution in [2.75, 3.05) is 26.3 Å². The summed E-state index contributed by atoms with van der Waals surface area (Å²) in [5.41, 5.74) is 4.64. The molecule has 3 aromatic rings. The summed E-state index contributed by atoms with van der Waals surface area (Å²) in [4.78, 5) is 35.2. The maximum Gasteiger partial charge on any atom is 0.407 e. The lowest BCUT2D eigenvalue weighted by Gasteiger charge is -2.45. The first-order valence-corrected chi connectivity index (χ1v) is 17.5. The summed E-state index contributed by atoms with van der Waals surface area (Å²) >= 11 is 0. The third kappa shape index (κ3) is 9.58. The predicted molar refractivity (Wildman–Crippen MR) is 189 cm³/mol. The third-order valence-corrected chi connectivity index (χ3v) is 9.48. The summed E-state index contributed by atoms with van der Waals surface area (Å²) in [6.07, 6.45) is 8.32. The number of carbonyl (C=O) groups is 2. The molecular formula is C39H51N3O6. The molecular weight excluding hydrogens is 606 g/mol. The summed E-state index contributed by atoms with van der Waals surface area (Å²) in [7, 11) is 0. The van der Waals surface area contributed by atoms with Crippen LogP contribution in [0.15, 0.2) is 72.3 Å². The maximum absolute atomic E-state index is 12.8. The van der Waals surface area contributed by atoms with Gasteiger partial charge in [-0.1, -0.05) is 74.4 Å². The van der Waals surface area contributed by atoms with Crippen LogP contribution >= 0.6 is 0 Å². The molecule has 0 spiro atoms. The number of hydrogen-bond donors (Lipinski definition) is 2. The van der Waals surface area contributed by atoms with Gasteiger partial charge in [-0.3, -0.25) is 9.69 Å². The molecule has 2 N–H and O–H groups in total. The monoisotopic (exact) mass is 657 g/mol. The zero-order valence-corrected chi connectivity index (χ0v) is 28.6. The Bertz CT molecular complexity index is 1510. The Morgan fingerprint density at radius 3 is 2.58 bits per heavy atom. The average Bonchev–Trinajstić information content (AvgIpc) is 3.11. The van der Waals surface area contributed by atoms with Gasteiger partial charge in [0.05, 0.1) is 0 Å². The van der Waals surface area contributed by atoms with Crippen LogP contribution in [0.25, 0.3) is 16.8 Å². The highest BCUT2D eigenvalue weighted by atomic mass is 16.8. The number of carbonyl (C=O) groups excluding carboxylic acids is 1. The number of rotatable bonds is 14. The maximum atomic E-state index is 12.8. The minimum Gasteiger partial charge on any atom is -0.489 e. The number of fused-ring (bicyclic) bond motifs is 1. The van der Waals surface area contributed by atoms with Crippen molar-refractivity contribution in [1.29, 1.82) is 0 Å². The van der Waals surface area contributed by atoms with Crippen LogP contribution in [0, 0.1) is 0 Å². The van der Waals surface area contributed by atoms with Crippen LogP contribution in [0.5, 0.6) is 5.75 Å². The molecule has 0 aromatic heterocycles. The van der Waals surface area contributed by atoms with E-state index in [9.17, 15) is 14.7 Å². The SMILES string of the molecule is CCCCC1CC(N(CC(=Cc2ccc(C(=O)NOC3CCCCO3)cc2)COc2cccc3ccccc23)C(=O)O)CCN1C(C)C. The second kappa shape index (κ2) is 17.5. The van der Waals surface area contributed by atoms with Crippen molar-refractivity contribution in [3.8, 4) is 5.75 Å². The Labute approximate surface area is 284 Å². The van der Waals surface area contributed by atoms with Crippen LogP contribution in [0.3, 0.4) is 0 Å². The van der Waals surface area contributed by atoms with E-state index in [4.69, 9.17) is 14.3 Å². The molecule has 48 heavy (non-hydrogen) atoms. The van der Waals surface area contributed by atoms with Crippen LogP contribution in [0.2, 0.25) is 0 Å². The highest BCUT2D eigenvalue weighted by molar-refractivity contribution is 5.93. The molecule has 2 saturated heterocycles. The van der Waals surface area contributed by atoms with Crippen LogP contribution in [-0.2, 0) is 9.57 Å². The van der Waals surface area contributed by atoms with Gasteiger partial charge in [0.1, 0.15) is 12.4 Å². The number of benzene rings is 3. The van der Waals surface area contributed by atoms with E-state index in [1.807, 2.05) is 48.5 Å². The molecule has 9 nitrogen and oxygen atoms in total. The molecule has 258 valence electrons. The second-order valence-electron chi connectivity index (χ2n) is 13.3. The van der Waals surface area contributed by atoms with Crippen molar-refractivity contribution in [1.82, 2.24) is 15.3 Å². The molecule has 0 saturated carbocycles. The Hall–Kier alpha value is -3.92. The largest absolute Gasteiger partial charge is 0.489 e. The Morgan fingerprint density at radius 2 is 1.85 bits per heavy atom. The van der Waals surface area contributed by atoms with E-state index in [0.29, 0.717) is 24.3 Å². The number of nitrogens with one attached hydrogen (secondary N) is 1. The first-order chi connectivity index (χ1) is 23.3. The van der Waals surface area contributed by atoms with Gasteiger partial charge >= 0.3 is 6.09 Å². The number of unbranched alkanes of at least 4 members (excludes halogenated alkanes) is 1. The standard InChI is InChI=1S/C39H51N3O6/c1-4-5-13-33-25-34(21-22-41(33)28(2)3)42(39(44)45)26-30(27-47-36-15-10-12-31-11-6-7-14-35(31)36)24-29-17-19-32(20-18-29)38(43)40-48-37-16-8-9-23-46-37/h6-7,10-12,14-15,17-20,24,28,33-34,37H,4-5,8-9,13,16,21-23,25-27H2,1-3H3,(H,40,43)(H,44,45). The number of carboxylic acid groups (broad SMARTS) is 1. The minimum atomic E-state index is -0.919. The van der Waals surface area contributed by atoms with Gasteiger partial charge in [-0.15, -0.1) is 0 Å². The highest BCUT2D eigenvalue weighted by Crippen LogP contribution is 2.29. The van der Waals surface area contributed by atoms with Crippen LogP contribution in [-0.4, -0.2) is 77.6 Å². The lowest BCUT2D eigenvalue weighted by Crippen LogP contribution is -2.53. The normalized spacial score (nSPS) is 20.5. The van der Waals surface area contributed by atoms with Crippen LogP contribution in [0.4, 0.5) is 4.79 Å². The van der Waals surface area contributed by atoms with E-state index in [-0.39, 0.29) is 25.1 Å². The van der Waals surface area contributed by atoms with E-state index in [2.05, 4.69) is 43.3 Å². The molecule has 9 heteroatoms. The quantitative estimate of drug-likeness (QED) is 0.170. The topological polar surface area (TPSA) is 101 Å². The lowest BCUT2D eigenvalue weighted by molar-refractivity contribution is -0.186. The number of likely N-dealkylation sites (tertiary alicyclic amines) is 1. The number of hydrogen-bond acceptors (Lipinski definition) is 6. The molecule has 2 amide bonds. The van der Waals surface area contributed by atoms with Crippen LogP contribution < -0.4 is 10.2 Å². The van der Waals surface area contributed by atoms with Crippen molar-refractivity contribution >= 4 is 28.8 Å². The van der Waals surface area contributed by atoms with Crippen LogP contribution in [0.1, 0.15) is 88.1 Å². The van der Waals surface area contributed by atoms with Gasteiger partial charge < -0.3 is 19.5 Å². The molecule has 3 unspecified atom stereocenters. The third-order valence-electron chi connectivity index (χ3n) is 9.48. The molecule has 2 aliphatic rings. The van der Waals surface area contributed by atoms with Gasteiger partial charge in [-0.25, -0.2) is 15.1 Å². The summed E-state index contributed by atoms with van der Waals surface area (Å²) in [5, 5.41) is 12.6. The number of amides is 2. The minimum absolute atomic E-state index is 0.0838. The molecule has 0 bridgehead atoms. The molecule has 2 aliphatic heterocycles. The molecule has 5 rings (SSSR count). The summed E-state index contributed by atoms with van der Waals surface area (Å²) in [6, 6.07) is 21.9. The van der Waals surface area contributed by atoms with Crippen molar-refractivity contribution < 1.29 is 29.0 Å². The van der Waals surface area contributed by atoms with Gasteiger partial charge in [-0.2, -0.15) is 0 Å². The number of nitrogens with zero attached hydrogens (tertiary/aromatic N) is 2. The van der Waals surface area contributed by atoms with Crippen molar-refractivity contribution in [3.63, 3.8) is 0 Å². The smallest absolute Gasteiger partial charge is 0.407 e. The molecule has 0 aliphatic carbocycles. The fourth-order valence-electron chi connectivity index (χ4n) is 6.88. The van der Waals surface area contributed by atoms with E-state index >= 15 is 0 Å². The molecule has 2 heterocycles. The summed E-state index contributed by atoms with van der Waals surface area (Å²) < 4.78 is 11.9. The fourth-order valence-corrected chi connectivity index (χ4v) is 6.88. The predicted octanol–water partition coefficient (Wildman–Crippen LogP) is 7.90. The Kier molecular flexibility index (Phi) is 12.9. The van der Waals surface area contributed by atoms with E-state index in [1.165, 1.54) is 0 Å². The van der Waals surface area contributed by atoms with Gasteiger partial charge in [0.25, 0.3) is 5.91 Å². The average molecular weight is 658 g/mol. The van der Waals surface area contributed by atoms with Gasteiger partial charge in [0.15, 0.2) is 6.29 Å². The van der Waals surface area contributed by atoms with Gasteiger partial charge in [0.2, 0.25) is 0 Å². The summed E-state index contributed by atoms with van der Waals surface area (Å²) in [5.74, 6) is 0.404. The van der Waals surface area contributed by atoms with Crippen molar-refractivity contribution in [3.05, 3.63) is 83.4 Å². The fraction of sp³-hybridized carbons (Fsp3) is 0.487. The second-order valence-corrected chi connectivity index (χ2v) is 13.3. The zero-order valence-electron chi connectivity index (χ0n) is 28.6. The lowest BCUT2D eigenvalue weighted by atomic mass is 9.91. The molecule has 3 atom stereocenters. The molecule has 0 radical (unpaired) electrons. The van der Waals surface area contributed by atoms with E-state index < -0.39 is 12.4 Å². The number of hydroxylamine groups is 1. The highest BCUT2D eigenvalue weighted by Gasteiger charge is 2.34. The Morgan fingerprint density at radius 1 is 1.06 bits per heavy atom. The summed E-state index contributed by atoms with van der Waals surface area (Å²) in [6.45, 7) is 8.62. The van der Waals surface area contributed by atoms with E-state index in [1.54, 1.807) is 17.0 Å². The first kappa shape index (κ1) is 35.4. The van der Waals surface area contributed by atoms with Crippen molar-refractivity contribution in [2.45, 2.75) is 96.6 Å². The Balaban J connectivity index is 1.35.